The van der Waals surface area contributed by atoms with Gasteiger partial charge in [-0.15, -0.1) is 0 Å². The standard InChI is InChI=1S/C33H42N2O4S/c1-6-23(2)28(30(36)37)34-22-27(35-31(38)39-32(3,4)5)29(40)33(24-16-10-7-11-17-24,25-18-12-8-13-19-25)26-20-14-9-15-21-26/h7-21,23,27-29,34,40H,6,22H2,1-5H3,(H,35,38)(H,36,37)/t23-,27+,28-,29?/m0/s1. The Morgan fingerprint density at radius 1 is 0.850 bits per heavy atom. The van der Waals surface area contributed by atoms with Crippen molar-refractivity contribution < 1.29 is 19.4 Å². The molecule has 6 nitrogen and oxygen atoms in total. The number of aliphatic carboxylic acids is 1. The lowest BCUT2D eigenvalue weighted by Gasteiger charge is -2.44. The minimum atomic E-state index is -0.929. The van der Waals surface area contributed by atoms with Gasteiger partial charge in [-0.2, -0.15) is 12.6 Å². The average molecular weight is 563 g/mol. The van der Waals surface area contributed by atoms with Crippen LogP contribution in [0.1, 0.15) is 57.7 Å². The van der Waals surface area contributed by atoms with E-state index in [9.17, 15) is 14.7 Å². The maximum absolute atomic E-state index is 13.2. The van der Waals surface area contributed by atoms with Crippen molar-refractivity contribution in [2.75, 3.05) is 6.54 Å². The van der Waals surface area contributed by atoms with Gasteiger partial charge in [-0.1, -0.05) is 111 Å². The molecule has 0 radical (unpaired) electrons. The first-order chi connectivity index (χ1) is 19.0. The number of amides is 1. The fourth-order valence-corrected chi connectivity index (χ4v) is 5.77. The molecule has 3 rings (SSSR count). The van der Waals surface area contributed by atoms with Crippen LogP contribution in [0.3, 0.4) is 0 Å². The molecule has 0 heterocycles. The van der Waals surface area contributed by atoms with Crippen molar-refractivity contribution in [3.8, 4) is 0 Å². The normalized spacial score (nSPS) is 14.9. The maximum Gasteiger partial charge on any atom is 0.407 e. The molecule has 3 aromatic carbocycles. The van der Waals surface area contributed by atoms with Gasteiger partial charge in [0.15, 0.2) is 0 Å². The van der Waals surface area contributed by atoms with Crippen LogP contribution in [0.25, 0.3) is 0 Å². The van der Waals surface area contributed by atoms with E-state index in [2.05, 4.69) is 47.0 Å². The summed E-state index contributed by atoms with van der Waals surface area (Å²) in [6.45, 7) is 9.47. The van der Waals surface area contributed by atoms with Crippen molar-refractivity contribution in [1.29, 1.82) is 0 Å². The van der Waals surface area contributed by atoms with E-state index in [0.29, 0.717) is 6.42 Å². The van der Waals surface area contributed by atoms with E-state index in [1.54, 1.807) is 0 Å². The van der Waals surface area contributed by atoms with Crippen molar-refractivity contribution in [1.82, 2.24) is 10.6 Å². The number of nitrogens with one attached hydrogen (secondary N) is 2. The summed E-state index contributed by atoms with van der Waals surface area (Å²) in [5, 5.41) is 15.7. The number of carboxylic acids is 1. The average Bonchev–Trinajstić information content (AvgIpc) is 2.93. The lowest BCUT2D eigenvalue weighted by atomic mass is 9.65. The topological polar surface area (TPSA) is 87.7 Å². The second-order valence-electron chi connectivity index (χ2n) is 11.2. The molecule has 0 saturated heterocycles. The molecule has 4 atom stereocenters. The maximum atomic E-state index is 13.2. The summed E-state index contributed by atoms with van der Waals surface area (Å²) in [7, 11) is 0. The first-order valence-electron chi connectivity index (χ1n) is 13.8. The zero-order valence-corrected chi connectivity index (χ0v) is 24.9. The highest BCUT2D eigenvalue weighted by Crippen LogP contribution is 2.45. The second kappa shape index (κ2) is 13.9. The van der Waals surface area contributed by atoms with Crippen molar-refractivity contribution in [2.45, 2.75) is 69.4 Å². The molecule has 0 aliphatic carbocycles. The summed E-state index contributed by atoms with van der Waals surface area (Å²) >= 11 is 5.30. The van der Waals surface area contributed by atoms with Crippen LogP contribution in [-0.4, -0.2) is 46.6 Å². The fraction of sp³-hybridized carbons (Fsp3) is 0.394. The number of hydrogen-bond donors (Lipinski definition) is 4. The lowest BCUT2D eigenvalue weighted by molar-refractivity contribution is -0.140. The number of thiol groups is 1. The molecule has 3 aromatic rings. The van der Waals surface area contributed by atoms with Crippen LogP contribution in [0.4, 0.5) is 4.79 Å². The van der Waals surface area contributed by atoms with Gasteiger partial charge < -0.3 is 20.5 Å². The van der Waals surface area contributed by atoms with E-state index in [4.69, 9.17) is 17.4 Å². The summed E-state index contributed by atoms with van der Waals surface area (Å²) in [4.78, 5) is 25.3. The molecule has 0 aliphatic rings. The smallest absolute Gasteiger partial charge is 0.407 e. The van der Waals surface area contributed by atoms with Gasteiger partial charge in [0, 0.05) is 11.8 Å². The number of alkyl carbamates (subject to hydrolysis) is 1. The third-order valence-corrected chi connectivity index (χ3v) is 8.00. The van der Waals surface area contributed by atoms with Gasteiger partial charge in [0.05, 0.1) is 11.5 Å². The van der Waals surface area contributed by atoms with Gasteiger partial charge in [0.1, 0.15) is 11.6 Å². The van der Waals surface area contributed by atoms with Crippen LogP contribution in [0.2, 0.25) is 0 Å². The Kier molecular flexibility index (Phi) is 10.8. The van der Waals surface area contributed by atoms with Crippen molar-refractivity contribution >= 4 is 24.7 Å². The number of carbonyl (C=O) groups excluding carboxylic acids is 1. The fourth-order valence-electron chi connectivity index (χ4n) is 5.14. The lowest BCUT2D eigenvalue weighted by Crippen LogP contribution is -2.58. The predicted molar refractivity (Wildman–Crippen MR) is 164 cm³/mol. The SMILES string of the molecule is CC[C@H](C)[C@H](NC[C@@H](NC(=O)OC(C)(C)C)C(S)C(c1ccccc1)(c1ccccc1)c1ccccc1)C(=O)O. The van der Waals surface area contributed by atoms with E-state index >= 15 is 0 Å². The van der Waals surface area contributed by atoms with Gasteiger partial charge in [-0.05, 0) is 43.4 Å². The van der Waals surface area contributed by atoms with Crippen LogP contribution < -0.4 is 10.6 Å². The first-order valence-corrected chi connectivity index (χ1v) is 14.3. The first kappa shape index (κ1) is 31.2. The summed E-state index contributed by atoms with van der Waals surface area (Å²) in [5.41, 5.74) is 1.49. The Bertz CT molecular complexity index is 1120. The number of hydrogen-bond acceptors (Lipinski definition) is 5. The van der Waals surface area contributed by atoms with E-state index in [-0.39, 0.29) is 12.5 Å². The molecule has 3 N–H and O–H groups in total. The molecular formula is C33H42N2O4S. The molecule has 0 aliphatic heterocycles. The molecule has 214 valence electrons. The minimum Gasteiger partial charge on any atom is -0.480 e. The summed E-state index contributed by atoms with van der Waals surface area (Å²) in [5.74, 6) is -1.04. The summed E-state index contributed by atoms with van der Waals surface area (Å²) < 4.78 is 5.64. The molecule has 1 unspecified atom stereocenters. The molecule has 0 bridgehead atoms. The number of benzene rings is 3. The largest absolute Gasteiger partial charge is 0.480 e. The van der Waals surface area contributed by atoms with Gasteiger partial charge >= 0.3 is 12.1 Å². The van der Waals surface area contributed by atoms with E-state index in [0.717, 1.165) is 16.7 Å². The molecule has 0 spiro atoms. The highest BCUT2D eigenvalue weighted by Gasteiger charge is 2.46. The minimum absolute atomic E-state index is 0.111. The Morgan fingerprint density at radius 3 is 1.62 bits per heavy atom. The molecule has 40 heavy (non-hydrogen) atoms. The zero-order chi connectivity index (χ0) is 29.3. The summed E-state index contributed by atoms with van der Waals surface area (Å²) in [6, 6.07) is 28.9. The predicted octanol–water partition coefficient (Wildman–Crippen LogP) is 6.30. The molecular weight excluding hydrogens is 520 g/mol. The molecule has 1 amide bonds. The highest BCUT2D eigenvalue weighted by atomic mass is 32.1. The Labute approximate surface area is 244 Å². The third-order valence-electron chi connectivity index (χ3n) is 7.25. The molecule has 0 saturated carbocycles. The number of ether oxygens (including phenoxy) is 1. The van der Waals surface area contributed by atoms with Gasteiger partial charge in [-0.25, -0.2) is 4.79 Å². The Balaban J connectivity index is 2.20. The van der Waals surface area contributed by atoms with Crippen LogP contribution in [0, 0.1) is 5.92 Å². The van der Waals surface area contributed by atoms with E-state index in [1.807, 2.05) is 89.2 Å². The monoisotopic (exact) mass is 562 g/mol. The number of carboxylic acid groups (broad SMARTS) is 1. The zero-order valence-electron chi connectivity index (χ0n) is 24.0. The van der Waals surface area contributed by atoms with E-state index in [1.165, 1.54) is 0 Å². The van der Waals surface area contributed by atoms with Crippen molar-refractivity contribution in [3.63, 3.8) is 0 Å². The second-order valence-corrected chi connectivity index (χ2v) is 11.8. The van der Waals surface area contributed by atoms with Gasteiger partial charge in [0.2, 0.25) is 0 Å². The van der Waals surface area contributed by atoms with Crippen LogP contribution in [-0.2, 0) is 14.9 Å². The van der Waals surface area contributed by atoms with Crippen LogP contribution in [0.15, 0.2) is 91.0 Å². The Morgan fingerprint density at radius 2 is 1.27 bits per heavy atom. The summed E-state index contributed by atoms with van der Waals surface area (Å²) in [6.07, 6.45) is 0.109. The van der Waals surface area contributed by atoms with E-state index < -0.39 is 40.4 Å². The quantitative estimate of drug-likeness (QED) is 0.154. The molecule has 0 fully saturated rings. The van der Waals surface area contributed by atoms with Gasteiger partial charge in [-0.3, -0.25) is 4.79 Å². The van der Waals surface area contributed by atoms with Crippen molar-refractivity contribution in [3.05, 3.63) is 108 Å². The number of rotatable bonds is 12. The number of carbonyl (C=O) groups is 2. The van der Waals surface area contributed by atoms with Crippen molar-refractivity contribution in [2.24, 2.45) is 5.92 Å². The highest BCUT2D eigenvalue weighted by molar-refractivity contribution is 7.81. The van der Waals surface area contributed by atoms with Gasteiger partial charge in [0.25, 0.3) is 0 Å². The Hall–Kier alpha value is -3.29. The van der Waals surface area contributed by atoms with Crippen LogP contribution in [0.5, 0.6) is 0 Å². The third kappa shape index (κ3) is 7.46. The molecule has 7 heteroatoms. The molecule has 0 aromatic heterocycles. The van der Waals surface area contributed by atoms with Crippen LogP contribution >= 0.6 is 12.6 Å².